The van der Waals surface area contributed by atoms with Crippen LogP contribution in [0.25, 0.3) is 0 Å². The molecule has 2 fully saturated rings. The van der Waals surface area contributed by atoms with Gasteiger partial charge in [0.1, 0.15) is 0 Å². The van der Waals surface area contributed by atoms with Gasteiger partial charge in [-0.2, -0.15) is 0 Å². The number of pyridine rings is 2. The first-order valence-electron chi connectivity index (χ1n) is 15.7. The number of alkyl halides is 1. The molecular formula is C36H38Br2N4O2. The molecule has 6 nitrogen and oxygen atoms in total. The highest BCUT2D eigenvalue weighted by Gasteiger charge is 2.41. The van der Waals surface area contributed by atoms with Crippen LogP contribution in [0.1, 0.15) is 52.8 Å². The first-order chi connectivity index (χ1) is 21.3. The van der Waals surface area contributed by atoms with Crippen LogP contribution in [-0.2, 0) is 26.1 Å². The van der Waals surface area contributed by atoms with Gasteiger partial charge in [0.05, 0.1) is 8.80 Å². The zero-order valence-electron chi connectivity index (χ0n) is 24.8. The van der Waals surface area contributed by atoms with Crippen molar-refractivity contribution >= 4 is 31.9 Å². The highest BCUT2D eigenvalue weighted by molar-refractivity contribution is 9.10. The maximum atomic E-state index is 12.9. The second-order valence-corrected chi connectivity index (χ2v) is 15.6. The largest absolute Gasteiger partial charge is 0.315 e. The summed E-state index contributed by atoms with van der Waals surface area (Å²) in [6.07, 6.45) is 3.03. The van der Waals surface area contributed by atoms with Crippen molar-refractivity contribution in [1.29, 1.82) is 0 Å². The van der Waals surface area contributed by atoms with E-state index in [0.717, 1.165) is 57.8 Å². The number of hydrogen-bond donors (Lipinski definition) is 1. The van der Waals surface area contributed by atoms with E-state index in [2.05, 4.69) is 96.7 Å². The van der Waals surface area contributed by atoms with Crippen LogP contribution in [0.2, 0.25) is 0 Å². The number of benzene rings is 2. The third-order valence-corrected chi connectivity index (χ3v) is 11.2. The quantitative estimate of drug-likeness (QED) is 0.268. The van der Waals surface area contributed by atoms with Gasteiger partial charge in [-0.1, -0.05) is 82.7 Å². The van der Waals surface area contributed by atoms with Crippen molar-refractivity contribution in [2.75, 3.05) is 26.2 Å². The Morgan fingerprint density at radius 1 is 0.773 bits per heavy atom. The summed E-state index contributed by atoms with van der Waals surface area (Å²) in [5.74, 6) is 1.50. The Balaban J connectivity index is 0.000000142. The molecule has 8 heteroatoms. The Morgan fingerprint density at radius 3 is 2.25 bits per heavy atom. The van der Waals surface area contributed by atoms with Gasteiger partial charge < -0.3 is 14.5 Å². The molecule has 2 unspecified atom stereocenters. The first kappa shape index (κ1) is 29.9. The van der Waals surface area contributed by atoms with E-state index in [0.29, 0.717) is 28.6 Å². The fourth-order valence-electron chi connectivity index (χ4n) is 7.77. The Labute approximate surface area is 275 Å². The monoisotopic (exact) mass is 716 g/mol. The van der Waals surface area contributed by atoms with E-state index in [-0.39, 0.29) is 15.4 Å². The standard InChI is InChI=1S/2C18H19BrN2O/c19-16-6-7-17-15-8-14(11-21(17)18(16)22)10-20(12-15)9-13-4-2-1-3-5-13;19-18-9-15(10-20-11-18)16-7-6-14(17(22)21(16)12-18)8-13-4-2-1-3-5-13/h1-7,14-15H,8-12H2;1-7,15,20H,8-12H2/t;15-,18-/m.1/s1. The summed E-state index contributed by atoms with van der Waals surface area (Å²) in [5.41, 5.74) is 6.15. The highest BCUT2D eigenvalue weighted by Crippen LogP contribution is 2.40. The number of rotatable bonds is 4. The molecule has 0 aliphatic carbocycles. The second-order valence-electron chi connectivity index (χ2n) is 13.0. The van der Waals surface area contributed by atoms with E-state index in [1.54, 1.807) is 0 Å². The number of fused-ring (bicyclic) bond motifs is 8. The number of nitrogens with zero attached hydrogens (tertiary/aromatic N) is 3. The molecule has 6 heterocycles. The molecular weight excluding hydrogens is 680 g/mol. The van der Waals surface area contributed by atoms with E-state index in [1.165, 1.54) is 28.9 Å². The Morgan fingerprint density at radius 2 is 1.48 bits per heavy atom. The van der Waals surface area contributed by atoms with Gasteiger partial charge in [0.2, 0.25) is 0 Å². The first-order valence-corrected chi connectivity index (χ1v) is 17.3. The zero-order valence-corrected chi connectivity index (χ0v) is 28.0. The number of nitrogens with one attached hydrogen (secondary N) is 1. The number of piperidine rings is 2. The minimum atomic E-state index is 0.0259. The average Bonchev–Trinajstić information content (AvgIpc) is 3.02. The summed E-state index contributed by atoms with van der Waals surface area (Å²) < 4.78 is 4.69. The van der Waals surface area contributed by atoms with Gasteiger partial charge in [-0.25, -0.2) is 0 Å². The lowest BCUT2D eigenvalue weighted by Crippen LogP contribution is -2.53. The molecule has 4 aliphatic heterocycles. The van der Waals surface area contributed by atoms with Crippen molar-refractivity contribution in [1.82, 2.24) is 19.4 Å². The van der Waals surface area contributed by atoms with Crippen LogP contribution in [0.4, 0.5) is 0 Å². The van der Waals surface area contributed by atoms with Crippen LogP contribution < -0.4 is 16.4 Å². The smallest absolute Gasteiger partial charge is 0.265 e. The van der Waals surface area contributed by atoms with Crippen molar-refractivity contribution in [3.8, 4) is 0 Å². The van der Waals surface area contributed by atoms with E-state index < -0.39 is 0 Å². The number of halogens is 2. The number of hydrogen-bond acceptors (Lipinski definition) is 4. The lowest BCUT2D eigenvalue weighted by Gasteiger charge is -2.43. The van der Waals surface area contributed by atoms with E-state index in [9.17, 15) is 9.59 Å². The Hall–Kier alpha value is -2.78. The summed E-state index contributed by atoms with van der Waals surface area (Å²) in [4.78, 5) is 27.8. The van der Waals surface area contributed by atoms with Gasteiger partial charge in [-0.05, 0) is 64.0 Å². The van der Waals surface area contributed by atoms with Crippen LogP contribution in [0.3, 0.4) is 0 Å². The predicted octanol–water partition coefficient (Wildman–Crippen LogP) is 5.89. The lowest BCUT2D eigenvalue weighted by molar-refractivity contribution is 0.114. The third-order valence-electron chi connectivity index (χ3n) is 9.71. The Kier molecular flexibility index (Phi) is 8.53. The van der Waals surface area contributed by atoms with Crippen LogP contribution in [0.15, 0.2) is 99.0 Å². The molecule has 2 saturated heterocycles. The SMILES string of the molecule is O=c1c(Br)ccc2n1CC1CC2CN(Cc2ccccc2)C1.O=c1c(Cc2ccccc2)ccc2n1C[C@]1(Br)CNC[C@H]2C1. The van der Waals surface area contributed by atoms with E-state index >= 15 is 0 Å². The van der Waals surface area contributed by atoms with Crippen molar-refractivity contribution in [2.45, 2.75) is 55.1 Å². The van der Waals surface area contributed by atoms with E-state index in [1.807, 2.05) is 39.5 Å². The lowest BCUT2D eigenvalue weighted by atomic mass is 9.83. The fraction of sp³-hybridized carbons (Fsp3) is 0.389. The zero-order chi connectivity index (χ0) is 30.3. The molecule has 228 valence electrons. The molecule has 0 radical (unpaired) electrons. The minimum absolute atomic E-state index is 0.0259. The van der Waals surface area contributed by atoms with Crippen LogP contribution in [0, 0.1) is 5.92 Å². The molecule has 2 aromatic heterocycles. The molecule has 4 aliphatic rings. The highest BCUT2D eigenvalue weighted by atomic mass is 79.9. The van der Waals surface area contributed by atoms with Crippen molar-refractivity contribution < 1.29 is 0 Å². The van der Waals surface area contributed by atoms with Gasteiger partial charge in [0.25, 0.3) is 11.1 Å². The summed E-state index contributed by atoms with van der Waals surface area (Å²) in [7, 11) is 0. The molecule has 1 N–H and O–H groups in total. The van der Waals surface area contributed by atoms with Crippen LogP contribution in [-0.4, -0.2) is 44.5 Å². The molecule has 4 atom stereocenters. The van der Waals surface area contributed by atoms with Crippen molar-refractivity contribution in [3.05, 3.63) is 138 Å². The second kappa shape index (κ2) is 12.5. The van der Waals surface area contributed by atoms with Gasteiger partial charge in [0, 0.05) is 81.0 Å². The van der Waals surface area contributed by atoms with Gasteiger partial charge in [-0.3, -0.25) is 14.5 Å². The maximum absolute atomic E-state index is 12.9. The maximum Gasteiger partial charge on any atom is 0.265 e. The normalized spacial score (nSPS) is 25.3. The van der Waals surface area contributed by atoms with Crippen molar-refractivity contribution in [2.24, 2.45) is 5.92 Å². The summed E-state index contributed by atoms with van der Waals surface area (Å²) >= 11 is 7.23. The summed E-state index contributed by atoms with van der Waals surface area (Å²) in [5, 5.41) is 3.48. The molecule has 0 spiro atoms. The molecule has 0 saturated carbocycles. The number of likely N-dealkylation sites (tertiary alicyclic amines) is 1. The summed E-state index contributed by atoms with van der Waals surface area (Å²) in [6, 6.07) is 29.1. The van der Waals surface area contributed by atoms with Crippen molar-refractivity contribution in [3.63, 3.8) is 0 Å². The topological polar surface area (TPSA) is 59.3 Å². The third kappa shape index (κ3) is 6.19. The predicted molar refractivity (Wildman–Crippen MR) is 183 cm³/mol. The molecule has 4 bridgehead atoms. The molecule has 0 amide bonds. The van der Waals surface area contributed by atoms with E-state index in [4.69, 9.17) is 0 Å². The van der Waals surface area contributed by atoms with Crippen LogP contribution >= 0.6 is 31.9 Å². The van der Waals surface area contributed by atoms with Gasteiger partial charge in [-0.15, -0.1) is 0 Å². The summed E-state index contributed by atoms with van der Waals surface area (Å²) in [6.45, 7) is 6.65. The fourth-order valence-corrected chi connectivity index (χ4v) is 8.95. The molecule has 2 aromatic carbocycles. The molecule has 44 heavy (non-hydrogen) atoms. The van der Waals surface area contributed by atoms with Gasteiger partial charge >= 0.3 is 0 Å². The Bertz CT molecular complexity index is 1760. The number of aromatic nitrogens is 2. The molecule has 4 aromatic rings. The average molecular weight is 719 g/mol. The van der Waals surface area contributed by atoms with Gasteiger partial charge in [0.15, 0.2) is 0 Å². The molecule has 8 rings (SSSR count). The van der Waals surface area contributed by atoms with Crippen LogP contribution in [0.5, 0.6) is 0 Å². The minimum Gasteiger partial charge on any atom is -0.315 e.